The Hall–Kier alpha value is -2.83. The maximum Gasteiger partial charge on any atom is 0.255 e. The number of aryl methyl sites for hydroxylation is 1. The average molecular weight is 299 g/mol. The van der Waals surface area contributed by atoms with Crippen molar-refractivity contribution in [3.63, 3.8) is 0 Å². The van der Waals surface area contributed by atoms with E-state index in [1.165, 1.54) is 10.7 Å². The fourth-order valence-corrected chi connectivity index (χ4v) is 2.33. The number of hydrogen-bond acceptors (Lipinski definition) is 4. The lowest BCUT2D eigenvalue weighted by Crippen LogP contribution is -2.29. The Morgan fingerprint density at radius 2 is 2.00 bits per heavy atom. The van der Waals surface area contributed by atoms with Crippen LogP contribution in [-0.4, -0.2) is 36.5 Å². The highest BCUT2D eigenvalue weighted by molar-refractivity contribution is 6.02. The predicted octanol–water partition coefficient (Wildman–Crippen LogP) is 1.58. The second-order valence-electron chi connectivity index (χ2n) is 5.50. The van der Waals surface area contributed by atoms with Gasteiger partial charge in [0.1, 0.15) is 11.3 Å². The maximum absolute atomic E-state index is 12.2. The van der Waals surface area contributed by atoms with Crippen LogP contribution in [0.3, 0.4) is 0 Å². The van der Waals surface area contributed by atoms with Gasteiger partial charge in [0.05, 0.1) is 18.0 Å². The van der Waals surface area contributed by atoms with Crippen LogP contribution in [0.25, 0.3) is 16.6 Å². The highest BCUT2D eigenvalue weighted by atomic mass is 16.3. The standard InChI is InChI=1S/C15H17N5O2/c1-9(2)18-15(22)12-6-17-20-8-10(4-13(21)14(12)20)11-5-16-19(3)7-11/h4-9,21H,1-3H3,(H,18,22). The van der Waals surface area contributed by atoms with Gasteiger partial charge in [-0.25, -0.2) is 4.52 Å². The molecule has 0 atom stereocenters. The quantitative estimate of drug-likeness (QED) is 0.769. The van der Waals surface area contributed by atoms with E-state index in [2.05, 4.69) is 15.5 Å². The molecule has 2 N–H and O–H groups in total. The molecule has 0 unspecified atom stereocenters. The van der Waals surface area contributed by atoms with Gasteiger partial charge >= 0.3 is 0 Å². The van der Waals surface area contributed by atoms with Gasteiger partial charge in [0.15, 0.2) is 0 Å². The third-order valence-corrected chi connectivity index (χ3v) is 3.29. The lowest BCUT2D eigenvalue weighted by Gasteiger charge is -2.08. The minimum Gasteiger partial charge on any atom is -0.506 e. The summed E-state index contributed by atoms with van der Waals surface area (Å²) in [6, 6.07) is 1.62. The first kappa shape index (κ1) is 14.1. The smallest absolute Gasteiger partial charge is 0.255 e. The number of nitrogens with zero attached hydrogens (tertiary/aromatic N) is 4. The van der Waals surface area contributed by atoms with E-state index in [4.69, 9.17) is 0 Å². The summed E-state index contributed by atoms with van der Waals surface area (Å²) in [5, 5.41) is 21.4. The maximum atomic E-state index is 12.2. The fraction of sp³-hybridized carbons (Fsp3) is 0.267. The van der Waals surface area contributed by atoms with E-state index >= 15 is 0 Å². The molecule has 0 aliphatic carbocycles. The molecule has 0 bridgehead atoms. The van der Waals surface area contributed by atoms with Crippen LogP contribution < -0.4 is 5.32 Å². The Bertz CT molecular complexity index is 847. The molecule has 0 radical (unpaired) electrons. The second kappa shape index (κ2) is 5.18. The Labute approximate surface area is 127 Å². The van der Waals surface area contributed by atoms with Crippen molar-refractivity contribution >= 4 is 11.4 Å². The number of rotatable bonds is 3. The summed E-state index contributed by atoms with van der Waals surface area (Å²) >= 11 is 0. The van der Waals surface area contributed by atoms with Crippen molar-refractivity contribution in [2.45, 2.75) is 19.9 Å². The van der Waals surface area contributed by atoms with Gasteiger partial charge in [-0.15, -0.1) is 0 Å². The lowest BCUT2D eigenvalue weighted by molar-refractivity contribution is 0.0944. The zero-order valence-corrected chi connectivity index (χ0v) is 12.6. The first-order chi connectivity index (χ1) is 10.5. The van der Waals surface area contributed by atoms with Gasteiger partial charge in [-0.1, -0.05) is 0 Å². The molecule has 7 nitrogen and oxygen atoms in total. The fourth-order valence-electron chi connectivity index (χ4n) is 2.33. The van der Waals surface area contributed by atoms with E-state index in [-0.39, 0.29) is 17.7 Å². The molecule has 3 aromatic rings. The first-order valence-corrected chi connectivity index (χ1v) is 6.96. The molecule has 3 rings (SSSR count). The van der Waals surface area contributed by atoms with E-state index in [9.17, 15) is 9.90 Å². The summed E-state index contributed by atoms with van der Waals surface area (Å²) in [7, 11) is 1.82. The van der Waals surface area contributed by atoms with Gasteiger partial charge in [-0.3, -0.25) is 9.48 Å². The zero-order valence-electron chi connectivity index (χ0n) is 12.6. The normalized spacial score (nSPS) is 11.3. The summed E-state index contributed by atoms with van der Waals surface area (Å²) < 4.78 is 3.19. The summed E-state index contributed by atoms with van der Waals surface area (Å²) in [6.07, 6.45) is 6.77. The third kappa shape index (κ3) is 2.41. The molecule has 0 aliphatic heterocycles. The van der Waals surface area contributed by atoms with Crippen molar-refractivity contribution in [2.75, 3.05) is 0 Å². The number of aromatic nitrogens is 4. The Balaban J connectivity index is 2.08. The number of aromatic hydroxyl groups is 1. The van der Waals surface area contributed by atoms with E-state index in [0.717, 1.165) is 11.1 Å². The van der Waals surface area contributed by atoms with Crippen LogP contribution in [0.15, 0.2) is 30.9 Å². The van der Waals surface area contributed by atoms with Gasteiger partial charge in [-0.05, 0) is 19.9 Å². The topological polar surface area (TPSA) is 84.5 Å². The molecule has 7 heteroatoms. The van der Waals surface area contributed by atoms with E-state index < -0.39 is 0 Å². The van der Waals surface area contributed by atoms with Gasteiger partial charge in [0.2, 0.25) is 0 Å². The first-order valence-electron chi connectivity index (χ1n) is 6.96. The van der Waals surface area contributed by atoms with Crippen LogP contribution in [0.5, 0.6) is 5.75 Å². The molecule has 3 aromatic heterocycles. The molecule has 0 saturated carbocycles. The minimum atomic E-state index is -0.255. The number of amides is 1. The molecular formula is C15H17N5O2. The number of fused-ring (bicyclic) bond motifs is 1. The summed E-state index contributed by atoms with van der Waals surface area (Å²) in [5.41, 5.74) is 2.38. The van der Waals surface area contributed by atoms with Gasteiger partial charge in [-0.2, -0.15) is 10.2 Å². The largest absolute Gasteiger partial charge is 0.506 e. The Kier molecular flexibility index (Phi) is 3.32. The monoisotopic (exact) mass is 299 g/mol. The third-order valence-electron chi connectivity index (χ3n) is 3.29. The van der Waals surface area contributed by atoms with Crippen LogP contribution >= 0.6 is 0 Å². The zero-order chi connectivity index (χ0) is 15.9. The molecule has 3 heterocycles. The van der Waals surface area contributed by atoms with Crippen molar-refractivity contribution in [1.82, 2.24) is 24.7 Å². The lowest BCUT2D eigenvalue weighted by atomic mass is 10.1. The Morgan fingerprint density at radius 3 is 2.64 bits per heavy atom. The van der Waals surface area contributed by atoms with Crippen LogP contribution in [0.1, 0.15) is 24.2 Å². The van der Waals surface area contributed by atoms with Crippen LogP contribution in [0, 0.1) is 0 Å². The highest BCUT2D eigenvalue weighted by Gasteiger charge is 2.17. The Morgan fingerprint density at radius 1 is 1.23 bits per heavy atom. The second-order valence-corrected chi connectivity index (χ2v) is 5.50. The molecule has 0 saturated heterocycles. The van der Waals surface area contributed by atoms with Crippen LogP contribution in [-0.2, 0) is 7.05 Å². The van der Waals surface area contributed by atoms with Gasteiger partial charge in [0.25, 0.3) is 5.91 Å². The molecule has 0 aliphatic rings. The minimum absolute atomic E-state index is 0.00718. The van der Waals surface area contributed by atoms with Crippen molar-refractivity contribution < 1.29 is 9.90 Å². The molecule has 0 spiro atoms. The number of pyridine rings is 1. The van der Waals surface area contributed by atoms with Crippen LogP contribution in [0.2, 0.25) is 0 Å². The molecule has 114 valence electrons. The predicted molar refractivity (Wildman–Crippen MR) is 81.7 cm³/mol. The molecule has 1 amide bonds. The SMILES string of the molecule is CC(C)NC(=O)c1cnn2cc(-c3cnn(C)c3)cc(O)c12. The summed E-state index contributed by atoms with van der Waals surface area (Å²) in [4.78, 5) is 12.2. The number of carbonyl (C=O) groups is 1. The van der Waals surface area contributed by atoms with Crippen LogP contribution in [0.4, 0.5) is 0 Å². The molecule has 22 heavy (non-hydrogen) atoms. The van der Waals surface area contributed by atoms with E-state index in [1.807, 2.05) is 27.1 Å². The van der Waals surface area contributed by atoms with Crippen molar-refractivity contribution in [3.8, 4) is 16.9 Å². The van der Waals surface area contributed by atoms with E-state index in [0.29, 0.717) is 11.1 Å². The summed E-state index contributed by atoms with van der Waals surface area (Å²) in [5.74, 6) is -0.248. The van der Waals surface area contributed by atoms with Gasteiger partial charge in [0, 0.05) is 36.6 Å². The average Bonchev–Trinajstić information content (AvgIpc) is 3.04. The molecule has 0 fully saturated rings. The van der Waals surface area contributed by atoms with E-state index in [1.54, 1.807) is 23.1 Å². The van der Waals surface area contributed by atoms with Crippen molar-refractivity contribution in [2.24, 2.45) is 7.05 Å². The summed E-state index contributed by atoms with van der Waals surface area (Å²) in [6.45, 7) is 3.76. The number of carbonyl (C=O) groups excluding carboxylic acids is 1. The number of nitrogens with one attached hydrogen (secondary N) is 1. The molecule has 0 aromatic carbocycles. The highest BCUT2D eigenvalue weighted by Crippen LogP contribution is 2.28. The van der Waals surface area contributed by atoms with Gasteiger partial charge < -0.3 is 10.4 Å². The molecular weight excluding hydrogens is 282 g/mol. The van der Waals surface area contributed by atoms with Crippen molar-refractivity contribution in [3.05, 3.63) is 36.4 Å². The van der Waals surface area contributed by atoms with Crippen molar-refractivity contribution in [1.29, 1.82) is 0 Å². The number of hydrogen-bond donors (Lipinski definition) is 2.